The summed E-state index contributed by atoms with van der Waals surface area (Å²) >= 11 is 0. The summed E-state index contributed by atoms with van der Waals surface area (Å²) < 4.78 is 10.6. The molecule has 0 spiro atoms. The topological polar surface area (TPSA) is 44.9 Å². The van der Waals surface area contributed by atoms with E-state index in [1.165, 1.54) is 22.1 Å². The van der Waals surface area contributed by atoms with Crippen molar-refractivity contribution in [1.82, 2.24) is 19.3 Å². The average Bonchev–Trinajstić information content (AvgIpc) is 3.56. The molecule has 0 saturated heterocycles. The molecule has 44 heavy (non-hydrogen) atoms. The molecule has 3 heterocycles. The molecule has 0 amide bonds. The second kappa shape index (κ2) is 12.3. The van der Waals surface area contributed by atoms with E-state index in [4.69, 9.17) is 14.8 Å². The van der Waals surface area contributed by atoms with Gasteiger partial charge >= 0.3 is 21.1 Å². The van der Waals surface area contributed by atoms with Crippen LogP contribution < -0.4 is 4.74 Å². The van der Waals surface area contributed by atoms with E-state index in [0.29, 0.717) is 11.5 Å². The Hall–Kier alpha value is -4.47. The molecular weight excluding hydrogens is 724 g/mol. The summed E-state index contributed by atoms with van der Waals surface area (Å²) in [7, 11) is 0. The quantitative estimate of drug-likeness (QED) is 0.153. The fourth-order valence-electron chi connectivity index (χ4n) is 5.93. The van der Waals surface area contributed by atoms with E-state index in [1.807, 2.05) is 47.3 Å². The van der Waals surface area contributed by atoms with Crippen LogP contribution in [0.1, 0.15) is 36.4 Å². The summed E-state index contributed by atoms with van der Waals surface area (Å²) in [4.78, 5) is 4.70. The fourth-order valence-corrected chi connectivity index (χ4v) is 5.93. The van der Waals surface area contributed by atoms with Crippen LogP contribution in [-0.4, -0.2) is 19.3 Å². The van der Waals surface area contributed by atoms with Gasteiger partial charge in [0.15, 0.2) is 0 Å². The number of pyridine rings is 1. The molecule has 0 fully saturated rings. The van der Waals surface area contributed by atoms with Gasteiger partial charge in [-0.2, -0.15) is 17.2 Å². The van der Waals surface area contributed by atoms with Crippen molar-refractivity contribution in [3.8, 4) is 34.1 Å². The van der Waals surface area contributed by atoms with Crippen LogP contribution in [0.5, 0.6) is 11.5 Å². The molecule has 6 heteroatoms. The SMILES string of the molecule is CCc1nn(-c2[c-]c(Oc3[c-]c4c(cc3)c3cc(C)ccc3n4-c3cc(C)ccn3)ccc2)c(CC)c1-c1ccccc1.[Pt+2]. The first kappa shape index (κ1) is 29.6. The second-order valence-electron chi connectivity index (χ2n) is 10.9. The number of nitrogens with zero attached hydrogens (tertiary/aromatic N) is 4. The first-order chi connectivity index (χ1) is 21.0. The van der Waals surface area contributed by atoms with Crippen LogP contribution in [0.25, 0.3) is 44.4 Å². The predicted molar refractivity (Wildman–Crippen MR) is 174 cm³/mol. The molecule has 0 aliphatic heterocycles. The molecule has 0 bridgehead atoms. The van der Waals surface area contributed by atoms with Gasteiger partial charge in [-0.1, -0.05) is 67.4 Å². The molecule has 5 nitrogen and oxygen atoms in total. The summed E-state index contributed by atoms with van der Waals surface area (Å²) in [5.74, 6) is 2.08. The Bertz CT molecular complexity index is 2110. The van der Waals surface area contributed by atoms with Crippen LogP contribution >= 0.6 is 0 Å². The number of benzene rings is 4. The minimum atomic E-state index is 0. The molecule has 7 rings (SSSR count). The molecule has 3 aromatic heterocycles. The van der Waals surface area contributed by atoms with Crippen molar-refractivity contribution >= 4 is 21.8 Å². The summed E-state index contributed by atoms with van der Waals surface area (Å²) in [5, 5.41) is 7.31. The predicted octanol–water partition coefficient (Wildman–Crippen LogP) is 9.16. The number of rotatable bonds is 7. The van der Waals surface area contributed by atoms with E-state index in [0.717, 1.165) is 57.7 Å². The number of hydrogen-bond donors (Lipinski definition) is 0. The van der Waals surface area contributed by atoms with Crippen molar-refractivity contribution in [2.45, 2.75) is 40.5 Å². The van der Waals surface area contributed by atoms with Gasteiger partial charge in [-0.05, 0) is 67.1 Å². The number of aryl methyl sites for hydroxylation is 3. The Morgan fingerprint density at radius 2 is 1.55 bits per heavy atom. The van der Waals surface area contributed by atoms with Crippen molar-refractivity contribution in [3.63, 3.8) is 0 Å². The van der Waals surface area contributed by atoms with Crippen LogP contribution in [0.15, 0.2) is 97.2 Å². The Kier molecular flexibility index (Phi) is 8.25. The Morgan fingerprint density at radius 1 is 0.750 bits per heavy atom. The van der Waals surface area contributed by atoms with Gasteiger partial charge in [0.05, 0.1) is 5.69 Å². The molecule has 4 aromatic carbocycles. The number of fused-ring (bicyclic) bond motifs is 3. The van der Waals surface area contributed by atoms with Crippen LogP contribution in [0, 0.1) is 26.0 Å². The standard InChI is InChI=1S/C38H32N4O.Pt/c1-5-33-38(27-11-8-7-9-12-27)34(6-2)42(40-33)28-13-10-14-29(23-28)43-30-16-17-31-32-21-25(3)15-18-35(32)41(36(31)24-30)37-22-26(4)19-20-39-37;/h7-22H,5-6H2,1-4H3;/q-2;+2. The molecule has 7 aromatic rings. The van der Waals surface area contributed by atoms with Gasteiger partial charge in [-0.3, -0.25) is 4.68 Å². The van der Waals surface area contributed by atoms with Gasteiger partial charge in [-0.25, -0.2) is 4.98 Å². The van der Waals surface area contributed by atoms with Crippen LogP contribution in [0.4, 0.5) is 0 Å². The van der Waals surface area contributed by atoms with Gasteiger partial charge in [0.25, 0.3) is 0 Å². The average molecular weight is 756 g/mol. The van der Waals surface area contributed by atoms with Crippen molar-refractivity contribution < 1.29 is 25.8 Å². The Balaban J connectivity index is 0.00000343. The maximum absolute atomic E-state index is 6.42. The largest absolute Gasteiger partial charge is 2.00 e. The molecule has 0 atom stereocenters. The number of hydrogen-bond acceptors (Lipinski definition) is 3. The first-order valence-electron chi connectivity index (χ1n) is 14.8. The van der Waals surface area contributed by atoms with Crippen LogP contribution in [0.2, 0.25) is 0 Å². The second-order valence-corrected chi connectivity index (χ2v) is 10.9. The van der Waals surface area contributed by atoms with Crippen LogP contribution in [0.3, 0.4) is 0 Å². The van der Waals surface area contributed by atoms with Crippen molar-refractivity contribution in [1.29, 1.82) is 0 Å². The van der Waals surface area contributed by atoms with Crippen molar-refractivity contribution in [3.05, 3.63) is 132 Å². The van der Waals surface area contributed by atoms with Gasteiger partial charge in [-0.15, -0.1) is 35.7 Å². The summed E-state index contributed by atoms with van der Waals surface area (Å²) in [6, 6.07) is 38.2. The summed E-state index contributed by atoms with van der Waals surface area (Å²) in [6.45, 7) is 8.53. The molecule has 0 radical (unpaired) electrons. The third-order valence-corrected chi connectivity index (χ3v) is 7.92. The van der Waals surface area contributed by atoms with E-state index in [2.05, 4.69) is 99.0 Å². The molecule has 0 aliphatic carbocycles. The maximum atomic E-state index is 6.42. The van der Waals surface area contributed by atoms with E-state index in [9.17, 15) is 0 Å². The maximum Gasteiger partial charge on any atom is 2.00 e. The number of aromatic nitrogens is 4. The van der Waals surface area contributed by atoms with E-state index in [1.54, 1.807) is 0 Å². The van der Waals surface area contributed by atoms with E-state index >= 15 is 0 Å². The molecular formula is C38H32N4OPt. The zero-order valence-corrected chi connectivity index (χ0v) is 27.4. The number of ether oxygens (including phenoxy) is 1. The van der Waals surface area contributed by atoms with Gasteiger partial charge in [0.1, 0.15) is 5.82 Å². The van der Waals surface area contributed by atoms with E-state index < -0.39 is 0 Å². The zero-order chi connectivity index (χ0) is 29.5. The zero-order valence-electron chi connectivity index (χ0n) is 25.2. The summed E-state index contributed by atoms with van der Waals surface area (Å²) in [6.07, 6.45) is 3.54. The fraction of sp³-hybridized carbons (Fsp3) is 0.158. The third-order valence-electron chi connectivity index (χ3n) is 7.92. The molecule has 0 aliphatic rings. The smallest absolute Gasteiger partial charge is 0.509 e. The Labute approximate surface area is 272 Å². The monoisotopic (exact) mass is 755 g/mol. The van der Waals surface area contributed by atoms with Crippen LogP contribution in [-0.2, 0) is 33.9 Å². The molecule has 0 saturated carbocycles. The van der Waals surface area contributed by atoms with Crippen molar-refractivity contribution in [2.24, 2.45) is 0 Å². The molecule has 220 valence electrons. The van der Waals surface area contributed by atoms with Gasteiger partial charge in [0.2, 0.25) is 0 Å². The minimum Gasteiger partial charge on any atom is -0.509 e. The first-order valence-corrected chi connectivity index (χ1v) is 14.8. The molecule has 0 unspecified atom stereocenters. The molecule has 0 N–H and O–H groups in total. The minimum absolute atomic E-state index is 0. The van der Waals surface area contributed by atoms with E-state index in [-0.39, 0.29) is 21.1 Å². The Morgan fingerprint density at radius 3 is 2.32 bits per heavy atom. The third kappa shape index (κ3) is 5.26. The van der Waals surface area contributed by atoms with Gasteiger partial charge in [0, 0.05) is 34.5 Å². The normalized spacial score (nSPS) is 11.2. The van der Waals surface area contributed by atoms with Crippen molar-refractivity contribution in [2.75, 3.05) is 0 Å². The van der Waals surface area contributed by atoms with Gasteiger partial charge < -0.3 is 9.30 Å². The summed E-state index contributed by atoms with van der Waals surface area (Å²) in [5.41, 5.74) is 9.86.